The standard InChI is InChI=1S/C26H26N4O3/c1-3-16-30-24-21(9-7-15-27-24)29-23(26(30)32)18-11-13-19(14-12-18)25(31)28-17-20-8-5-6-10-22(20)33-4-2/h5-15H,3-4,16-17H2,1-2H3,(H,28,31). The van der Waals surface area contributed by atoms with E-state index in [1.54, 1.807) is 41.1 Å². The van der Waals surface area contributed by atoms with Crippen molar-refractivity contribution in [3.63, 3.8) is 0 Å². The zero-order chi connectivity index (χ0) is 23.2. The van der Waals surface area contributed by atoms with Crippen LogP contribution in [0.4, 0.5) is 0 Å². The monoisotopic (exact) mass is 442 g/mol. The number of rotatable bonds is 8. The van der Waals surface area contributed by atoms with E-state index in [4.69, 9.17) is 4.74 Å². The Morgan fingerprint density at radius 1 is 1.03 bits per heavy atom. The highest BCUT2D eigenvalue weighted by Gasteiger charge is 2.14. The van der Waals surface area contributed by atoms with E-state index in [2.05, 4.69) is 15.3 Å². The van der Waals surface area contributed by atoms with Crippen LogP contribution in [0.15, 0.2) is 71.7 Å². The van der Waals surface area contributed by atoms with Crippen LogP contribution in [-0.2, 0) is 13.1 Å². The zero-order valence-corrected chi connectivity index (χ0v) is 18.7. The number of nitrogens with zero attached hydrogens (tertiary/aromatic N) is 3. The Morgan fingerprint density at radius 3 is 2.58 bits per heavy atom. The van der Waals surface area contributed by atoms with E-state index < -0.39 is 0 Å². The van der Waals surface area contributed by atoms with E-state index in [0.717, 1.165) is 17.7 Å². The first-order valence-electron chi connectivity index (χ1n) is 11.1. The number of carbonyl (C=O) groups excluding carboxylic acids is 1. The number of benzene rings is 2. The number of carbonyl (C=O) groups is 1. The van der Waals surface area contributed by atoms with Crippen molar-refractivity contribution in [1.29, 1.82) is 0 Å². The Morgan fingerprint density at radius 2 is 1.82 bits per heavy atom. The van der Waals surface area contributed by atoms with Crippen LogP contribution in [0.2, 0.25) is 0 Å². The molecule has 0 saturated carbocycles. The van der Waals surface area contributed by atoms with Gasteiger partial charge in [0.05, 0.1) is 6.61 Å². The van der Waals surface area contributed by atoms with Gasteiger partial charge in [0.1, 0.15) is 17.0 Å². The topological polar surface area (TPSA) is 86.1 Å². The number of para-hydroxylation sites is 1. The van der Waals surface area contributed by atoms with Gasteiger partial charge in [-0.1, -0.05) is 37.3 Å². The Hall–Kier alpha value is -4.00. The number of amides is 1. The zero-order valence-electron chi connectivity index (χ0n) is 18.7. The van der Waals surface area contributed by atoms with Crippen LogP contribution >= 0.6 is 0 Å². The quantitative estimate of drug-likeness (QED) is 0.442. The van der Waals surface area contributed by atoms with Crippen molar-refractivity contribution in [2.45, 2.75) is 33.4 Å². The second kappa shape index (κ2) is 10.1. The third kappa shape index (κ3) is 4.77. The highest BCUT2D eigenvalue weighted by molar-refractivity contribution is 5.94. The number of hydrogen-bond acceptors (Lipinski definition) is 5. The van der Waals surface area contributed by atoms with Gasteiger partial charge in [0, 0.05) is 36.0 Å². The van der Waals surface area contributed by atoms with Crippen molar-refractivity contribution >= 4 is 17.1 Å². The number of aromatic nitrogens is 3. The van der Waals surface area contributed by atoms with E-state index >= 15 is 0 Å². The first-order chi connectivity index (χ1) is 16.1. The van der Waals surface area contributed by atoms with Crippen LogP contribution in [-0.4, -0.2) is 27.0 Å². The second-order valence-corrected chi connectivity index (χ2v) is 7.56. The molecule has 0 aliphatic carbocycles. The SMILES string of the molecule is CCCn1c(=O)c(-c2ccc(C(=O)NCc3ccccc3OCC)cc2)nc2cccnc21. The maximum absolute atomic E-state index is 13.1. The lowest BCUT2D eigenvalue weighted by Crippen LogP contribution is -2.24. The van der Waals surface area contributed by atoms with Crippen molar-refractivity contribution in [3.05, 3.63) is 88.3 Å². The summed E-state index contributed by atoms with van der Waals surface area (Å²) in [7, 11) is 0. The van der Waals surface area contributed by atoms with E-state index in [-0.39, 0.29) is 11.5 Å². The van der Waals surface area contributed by atoms with Crippen molar-refractivity contribution in [1.82, 2.24) is 19.9 Å². The summed E-state index contributed by atoms with van der Waals surface area (Å²) in [6.07, 6.45) is 2.47. The second-order valence-electron chi connectivity index (χ2n) is 7.56. The number of ether oxygens (including phenoxy) is 1. The molecular formula is C26H26N4O3. The molecular weight excluding hydrogens is 416 g/mol. The lowest BCUT2D eigenvalue weighted by molar-refractivity contribution is 0.0950. The molecule has 0 bridgehead atoms. The maximum Gasteiger partial charge on any atom is 0.278 e. The Kier molecular flexibility index (Phi) is 6.78. The molecule has 0 saturated heterocycles. The van der Waals surface area contributed by atoms with E-state index in [9.17, 15) is 9.59 Å². The molecule has 0 unspecified atom stereocenters. The molecule has 0 spiro atoms. The maximum atomic E-state index is 13.1. The average molecular weight is 443 g/mol. The highest BCUT2D eigenvalue weighted by atomic mass is 16.5. The predicted molar refractivity (Wildman–Crippen MR) is 128 cm³/mol. The molecule has 168 valence electrons. The molecule has 0 radical (unpaired) electrons. The van der Waals surface area contributed by atoms with E-state index in [0.29, 0.717) is 47.7 Å². The summed E-state index contributed by atoms with van der Waals surface area (Å²) in [6, 6.07) is 18.2. The van der Waals surface area contributed by atoms with Gasteiger partial charge in [-0.15, -0.1) is 0 Å². The van der Waals surface area contributed by atoms with Gasteiger partial charge < -0.3 is 10.1 Å². The summed E-state index contributed by atoms with van der Waals surface area (Å²) in [5.74, 6) is 0.558. The summed E-state index contributed by atoms with van der Waals surface area (Å²) in [5.41, 5.74) is 3.48. The predicted octanol–water partition coefficient (Wildman–Crippen LogP) is 4.20. The van der Waals surface area contributed by atoms with Crippen molar-refractivity contribution in [3.8, 4) is 17.0 Å². The molecule has 7 heteroatoms. The highest BCUT2D eigenvalue weighted by Crippen LogP contribution is 2.19. The fourth-order valence-corrected chi connectivity index (χ4v) is 3.70. The third-order valence-electron chi connectivity index (χ3n) is 5.28. The molecule has 4 aromatic rings. The number of aryl methyl sites for hydroxylation is 1. The van der Waals surface area contributed by atoms with Crippen molar-refractivity contribution in [2.75, 3.05) is 6.61 Å². The molecule has 0 atom stereocenters. The van der Waals surface area contributed by atoms with E-state index in [1.165, 1.54) is 0 Å². The third-order valence-corrected chi connectivity index (χ3v) is 5.28. The van der Waals surface area contributed by atoms with Gasteiger partial charge in [0.2, 0.25) is 0 Å². The smallest absolute Gasteiger partial charge is 0.278 e. The fraction of sp³-hybridized carbons (Fsp3) is 0.231. The van der Waals surface area contributed by atoms with Crippen LogP contribution < -0.4 is 15.6 Å². The summed E-state index contributed by atoms with van der Waals surface area (Å²) < 4.78 is 7.27. The molecule has 0 fully saturated rings. The molecule has 2 aromatic heterocycles. The first kappa shape index (κ1) is 22.2. The largest absolute Gasteiger partial charge is 0.494 e. The molecule has 0 aliphatic heterocycles. The molecule has 1 N–H and O–H groups in total. The van der Waals surface area contributed by atoms with E-state index in [1.807, 2.05) is 44.2 Å². The Labute approximate surface area is 192 Å². The van der Waals surface area contributed by atoms with Crippen LogP contribution in [0, 0.1) is 0 Å². The molecule has 2 heterocycles. The lowest BCUT2D eigenvalue weighted by atomic mass is 10.1. The summed E-state index contributed by atoms with van der Waals surface area (Å²) in [5, 5.41) is 2.93. The average Bonchev–Trinajstić information content (AvgIpc) is 2.85. The Bertz CT molecular complexity index is 1330. The van der Waals surface area contributed by atoms with Crippen LogP contribution in [0.25, 0.3) is 22.4 Å². The molecule has 2 aromatic carbocycles. The minimum absolute atomic E-state index is 0.187. The minimum Gasteiger partial charge on any atom is -0.494 e. The number of nitrogens with one attached hydrogen (secondary N) is 1. The van der Waals surface area contributed by atoms with Crippen LogP contribution in [0.1, 0.15) is 36.2 Å². The van der Waals surface area contributed by atoms with Gasteiger partial charge in [-0.3, -0.25) is 14.2 Å². The molecule has 7 nitrogen and oxygen atoms in total. The minimum atomic E-state index is -0.202. The van der Waals surface area contributed by atoms with Gasteiger partial charge in [-0.25, -0.2) is 9.97 Å². The lowest BCUT2D eigenvalue weighted by Gasteiger charge is -2.12. The number of pyridine rings is 1. The molecule has 1 amide bonds. The summed E-state index contributed by atoms with van der Waals surface area (Å²) >= 11 is 0. The summed E-state index contributed by atoms with van der Waals surface area (Å²) in [4.78, 5) is 34.7. The van der Waals surface area contributed by atoms with Crippen LogP contribution in [0.5, 0.6) is 5.75 Å². The molecule has 4 rings (SSSR count). The number of fused-ring (bicyclic) bond motifs is 1. The van der Waals surface area contributed by atoms with Crippen molar-refractivity contribution < 1.29 is 9.53 Å². The molecule has 0 aliphatic rings. The van der Waals surface area contributed by atoms with Crippen molar-refractivity contribution in [2.24, 2.45) is 0 Å². The van der Waals surface area contributed by atoms with Gasteiger partial charge in [-0.05, 0) is 43.7 Å². The van der Waals surface area contributed by atoms with Gasteiger partial charge in [0.15, 0.2) is 5.65 Å². The van der Waals surface area contributed by atoms with Crippen LogP contribution in [0.3, 0.4) is 0 Å². The normalized spacial score (nSPS) is 10.8. The van der Waals surface area contributed by atoms with Gasteiger partial charge in [-0.2, -0.15) is 0 Å². The van der Waals surface area contributed by atoms with Gasteiger partial charge >= 0.3 is 0 Å². The fourth-order valence-electron chi connectivity index (χ4n) is 3.70. The molecule has 33 heavy (non-hydrogen) atoms. The summed E-state index contributed by atoms with van der Waals surface area (Å²) in [6.45, 7) is 5.42. The first-order valence-corrected chi connectivity index (χ1v) is 11.1. The Balaban J connectivity index is 1.56. The number of hydrogen-bond donors (Lipinski definition) is 1. The van der Waals surface area contributed by atoms with Gasteiger partial charge in [0.25, 0.3) is 11.5 Å².